The third-order valence-corrected chi connectivity index (χ3v) is 3.71. The first-order valence-corrected chi connectivity index (χ1v) is 6.64. The highest BCUT2D eigenvalue weighted by Crippen LogP contribution is 2.26. The lowest BCUT2D eigenvalue weighted by Gasteiger charge is -2.25. The zero-order valence-electron chi connectivity index (χ0n) is 12.2. The van der Waals surface area contributed by atoms with Crippen LogP contribution in [0.25, 0.3) is 0 Å². The van der Waals surface area contributed by atoms with E-state index in [4.69, 9.17) is 5.73 Å². The van der Waals surface area contributed by atoms with Gasteiger partial charge in [-0.1, -0.05) is 13.8 Å². The first-order valence-electron chi connectivity index (χ1n) is 6.64. The van der Waals surface area contributed by atoms with Crippen molar-refractivity contribution in [2.45, 2.75) is 33.1 Å². The normalized spacial score (nSPS) is 11.6. The number of nitrogens with two attached hydrogens (primary N) is 1. The van der Waals surface area contributed by atoms with Crippen molar-refractivity contribution in [1.82, 2.24) is 4.98 Å². The van der Waals surface area contributed by atoms with Crippen molar-refractivity contribution in [3.05, 3.63) is 47.3 Å². The van der Waals surface area contributed by atoms with Gasteiger partial charge in [0, 0.05) is 23.9 Å². The number of H-pyrrole nitrogens is 1. The quantitative estimate of drug-likeness (QED) is 0.733. The second-order valence-electron chi connectivity index (χ2n) is 5.84. The number of anilines is 2. The molecule has 0 radical (unpaired) electrons. The predicted octanol–water partition coefficient (Wildman–Crippen LogP) is 3.60. The summed E-state index contributed by atoms with van der Waals surface area (Å²) < 4.78 is 0. The highest BCUT2D eigenvalue weighted by Gasteiger charge is 2.21. The Hall–Kier alpha value is -1.90. The minimum Gasteiger partial charge on any atom is -0.397 e. The number of rotatable bonds is 4. The summed E-state index contributed by atoms with van der Waals surface area (Å²) in [6.07, 6.45) is 1.96. The van der Waals surface area contributed by atoms with Crippen LogP contribution >= 0.6 is 0 Å². The van der Waals surface area contributed by atoms with Crippen molar-refractivity contribution in [3.8, 4) is 0 Å². The van der Waals surface area contributed by atoms with Gasteiger partial charge in [-0.25, -0.2) is 0 Å². The van der Waals surface area contributed by atoms with Crippen molar-refractivity contribution in [2.24, 2.45) is 0 Å². The maximum atomic E-state index is 6.07. The molecule has 1 aromatic carbocycles. The van der Waals surface area contributed by atoms with E-state index < -0.39 is 0 Å². The van der Waals surface area contributed by atoms with Crippen molar-refractivity contribution < 1.29 is 0 Å². The number of aromatic nitrogens is 1. The molecule has 0 saturated heterocycles. The minimum absolute atomic E-state index is 0.0364. The van der Waals surface area contributed by atoms with Crippen LogP contribution in [0.3, 0.4) is 0 Å². The largest absolute Gasteiger partial charge is 0.397 e. The van der Waals surface area contributed by atoms with Gasteiger partial charge >= 0.3 is 0 Å². The predicted molar refractivity (Wildman–Crippen MR) is 82.6 cm³/mol. The first-order chi connectivity index (χ1) is 8.90. The molecule has 2 aromatic rings. The van der Waals surface area contributed by atoms with Crippen molar-refractivity contribution in [1.29, 1.82) is 0 Å². The molecule has 2 rings (SSSR count). The third-order valence-electron chi connectivity index (χ3n) is 3.71. The fourth-order valence-electron chi connectivity index (χ4n) is 2.15. The SMILES string of the molecule is Cc1cc(N)c(NCC(C)(C)c2ccc[nH]2)cc1C. The van der Waals surface area contributed by atoms with E-state index in [9.17, 15) is 0 Å². The number of aromatic amines is 1. The van der Waals surface area contributed by atoms with Crippen LogP contribution in [0.1, 0.15) is 30.7 Å². The van der Waals surface area contributed by atoms with E-state index in [1.54, 1.807) is 0 Å². The molecule has 0 aliphatic rings. The zero-order chi connectivity index (χ0) is 14.0. The summed E-state index contributed by atoms with van der Waals surface area (Å²) in [5.74, 6) is 0. The van der Waals surface area contributed by atoms with E-state index in [-0.39, 0.29) is 5.41 Å². The Morgan fingerprint density at radius 3 is 2.53 bits per heavy atom. The van der Waals surface area contributed by atoms with Crippen LogP contribution in [-0.4, -0.2) is 11.5 Å². The van der Waals surface area contributed by atoms with Crippen LogP contribution < -0.4 is 11.1 Å². The van der Waals surface area contributed by atoms with Gasteiger partial charge in [0.25, 0.3) is 0 Å². The molecule has 102 valence electrons. The Balaban J connectivity index is 2.13. The van der Waals surface area contributed by atoms with Gasteiger partial charge in [0.1, 0.15) is 0 Å². The molecule has 0 spiro atoms. The topological polar surface area (TPSA) is 53.8 Å². The molecule has 4 N–H and O–H groups in total. The third kappa shape index (κ3) is 2.92. The smallest absolute Gasteiger partial charge is 0.0577 e. The Labute approximate surface area is 115 Å². The monoisotopic (exact) mass is 257 g/mol. The molecule has 0 amide bonds. The molecular weight excluding hydrogens is 234 g/mol. The molecule has 0 fully saturated rings. The van der Waals surface area contributed by atoms with Crippen LogP contribution in [0.4, 0.5) is 11.4 Å². The lowest BCUT2D eigenvalue weighted by Crippen LogP contribution is -2.28. The molecule has 1 aromatic heterocycles. The number of nitrogens with one attached hydrogen (secondary N) is 2. The summed E-state index contributed by atoms with van der Waals surface area (Å²) in [6.45, 7) is 9.45. The summed E-state index contributed by atoms with van der Waals surface area (Å²) in [6, 6.07) is 8.29. The van der Waals surface area contributed by atoms with Gasteiger partial charge in [-0.2, -0.15) is 0 Å². The van der Waals surface area contributed by atoms with Crippen molar-refractivity contribution in [2.75, 3.05) is 17.6 Å². The molecule has 0 aliphatic carbocycles. The second kappa shape index (κ2) is 5.00. The maximum Gasteiger partial charge on any atom is 0.0577 e. The van der Waals surface area contributed by atoms with E-state index in [0.29, 0.717) is 0 Å². The van der Waals surface area contributed by atoms with Gasteiger partial charge in [0.15, 0.2) is 0 Å². The highest BCUT2D eigenvalue weighted by molar-refractivity contribution is 5.68. The van der Waals surface area contributed by atoms with Crippen molar-refractivity contribution in [3.63, 3.8) is 0 Å². The lowest BCUT2D eigenvalue weighted by molar-refractivity contribution is 0.542. The van der Waals surface area contributed by atoms with Crippen LogP contribution in [-0.2, 0) is 5.41 Å². The lowest BCUT2D eigenvalue weighted by atomic mass is 9.89. The number of benzene rings is 1. The maximum absolute atomic E-state index is 6.07. The standard InChI is InChI=1S/C16H23N3/c1-11-8-13(17)14(9-12(11)2)19-10-16(3,4)15-6-5-7-18-15/h5-9,18-19H,10,17H2,1-4H3. The number of aryl methyl sites for hydroxylation is 2. The Morgan fingerprint density at radius 1 is 1.21 bits per heavy atom. The molecule has 0 aliphatic heterocycles. The molecule has 3 heteroatoms. The summed E-state index contributed by atoms with van der Waals surface area (Å²) in [7, 11) is 0. The van der Waals surface area contributed by atoms with E-state index in [2.05, 4.69) is 50.1 Å². The Bertz CT molecular complexity index is 554. The highest BCUT2D eigenvalue weighted by atomic mass is 14.9. The molecule has 0 atom stereocenters. The van der Waals surface area contributed by atoms with Gasteiger partial charge < -0.3 is 16.0 Å². The summed E-state index contributed by atoms with van der Waals surface area (Å²) in [5, 5.41) is 3.46. The molecule has 0 saturated carbocycles. The molecule has 0 unspecified atom stereocenters. The van der Waals surface area contributed by atoms with E-state index >= 15 is 0 Å². The molecule has 3 nitrogen and oxygen atoms in total. The van der Waals surface area contributed by atoms with Crippen LogP contribution in [0.5, 0.6) is 0 Å². The van der Waals surface area contributed by atoms with Crippen LogP contribution in [0.2, 0.25) is 0 Å². The van der Waals surface area contributed by atoms with Gasteiger partial charge in [-0.3, -0.25) is 0 Å². The van der Waals surface area contributed by atoms with Crippen LogP contribution in [0.15, 0.2) is 30.5 Å². The van der Waals surface area contributed by atoms with Gasteiger partial charge in [0.2, 0.25) is 0 Å². The Kier molecular flexibility index (Phi) is 3.56. The second-order valence-corrected chi connectivity index (χ2v) is 5.84. The average Bonchev–Trinajstić information content (AvgIpc) is 2.86. The minimum atomic E-state index is 0.0364. The van der Waals surface area contributed by atoms with Gasteiger partial charge in [-0.05, 0) is 49.2 Å². The zero-order valence-corrected chi connectivity index (χ0v) is 12.2. The molecule has 1 heterocycles. The van der Waals surface area contributed by atoms with Gasteiger partial charge in [0.05, 0.1) is 11.4 Å². The summed E-state index contributed by atoms with van der Waals surface area (Å²) in [5.41, 5.74) is 11.6. The van der Waals surface area contributed by atoms with Crippen LogP contribution in [0, 0.1) is 13.8 Å². The Morgan fingerprint density at radius 2 is 1.89 bits per heavy atom. The number of nitrogen functional groups attached to an aromatic ring is 1. The molecular formula is C16H23N3. The number of hydrogen-bond acceptors (Lipinski definition) is 2. The molecule has 19 heavy (non-hydrogen) atoms. The number of hydrogen-bond donors (Lipinski definition) is 3. The van der Waals surface area contributed by atoms with E-state index in [1.807, 2.05) is 18.3 Å². The van der Waals surface area contributed by atoms with E-state index in [1.165, 1.54) is 16.8 Å². The first kappa shape index (κ1) is 13.5. The summed E-state index contributed by atoms with van der Waals surface area (Å²) in [4.78, 5) is 3.28. The van der Waals surface area contributed by atoms with Gasteiger partial charge in [-0.15, -0.1) is 0 Å². The fraction of sp³-hybridized carbons (Fsp3) is 0.375. The van der Waals surface area contributed by atoms with Crippen molar-refractivity contribution >= 4 is 11.4 Å². The average molecular weight is 257 g/mol. The summed E-state index contributed by atoms with van der Waals surface area (Å²) >= 11 is 0. The van der Waals surface area contributed by atoms with E-state index in [0.717, 1.165) is 17.9 Å². The fourth-order valence-corrected chi connectivity index (χ4v) is 2.15. The molecule has 0 bridgehead atoms.